The third-order valence-electron chi connectivity index (χ3n) is 5.76. The summed E-state index contributed by atoms with van der Waals surface area (Å²) >= 11 is 0. The van der Waals surface area contributed by atoms with Crippen molar-refractivity contribution >= 4 is 17.6 Å². The van der Waals surface area contributed by atoms with Crippen LogP contribution in [0.5, 0.6) is 5.75 Å². The van der Waals surface area contributed by atoms with Crippen molar-refractivity contribution in [2.24, 2.45) is 0 Å². The second-order valence-electron chi connectivity index (χ2n) is 9.69. The summed E-state index contributed by atoms with van der Waals surface area (Å²) in [5.41, 5.74) is 7.81. The lowest BCUT2D eigenvalue weighted by Crippen LogP contribution is -2.46. The van der Waals surface area contributed by atoms with Crippen molar-refractivity contribution in [3.8, 4) is 17.0 Å². The number of benzene rings is 1. The van der Waals surface area contributed by atoms with E-state index in [4.69, 9.17) is 10.5 Å². The Morgan fingerprint density at radius 2 is 1.79 bits per heavy atom. The lowest BCUT2D eigenvalue weighted by atomic mass is 10.1. The van der Waals surface area contributed by atoms with Gasteiger partial charge in [-0.1, -0.05) is 25.0 Å². The van der Waals surface area contributed by atoms with Crippen molar-refractivity contribution < 1.29 is 14.6 Å². The van der Waals surface area contributed by atoms with Crippen LogP contribution in [0.3, 0.4) is 0 Å². The Morgan fingerprint density at radius 1 is 1.09 bits per heavy atom. The summed E-state index contributed by atoms with van der Waals surface area (Å²) in [6, 6.07) is 9.03. The Balaban J connectivity index is 1.36. The molecule has 0 spiro atoms. The molecule has 0 bridgehead atoms. The maximum Gasteiger partial charge on any atom is 0.407 e. The molecule has 1 aliphatic heterocycles. The van der Waals surface area contributed by atoms with Gasteiger partial charge in [0.05, 0.1) is 11.4 Å². The van der Waals surface area contributed by atoms with E-state index in [1.54, 1.807) is 12.1 Å². The van der Waals surface area contributed by atoms with Crippen LogP contribution in [0.15, 0.2) is 30.3 Å². The summed E-state index contributed by atoms with van der Waals surface area (Å²) in [7, 11) is 0. The number of aromatic hydroxyl groups is 1. The van der Waals surface area contributed by atoms with Gasteiger partial charge in [0, 0.05) is 38.3 Å². The molecule has 2 aromatic rings. The van der Waals surface area contributed by atoms with E-state index in [0.717, 1.165) is 64.1 Å². The van der Waals surface area contributed by atoms with Gasteiger partial charge in [-0.05, 0) is 58.4 Å². The van der Waals surface area contributed by atoms with E-state index in [1.807, 2.05) is 39.0 Å². The van der Waals surface area contributed by atoms with Crippen molar-refractivity contribution in [1.29, 1.82) is 0 Å². The normalized spacial score (nSPS) is 14.7. The molecule has 1 aromatic carbocycles. The number of piperazine rings is 1. The molecule has 1 amide bonds. The number of nitrogen functional groups attached to an aromatic ring is 1. The van der Waals surface area contributed by atoms with Gasteiger partial charge in [-0.2, -0.15) is 0 Å². The van der Waals surface area contributed by atoms with E-state index in [0.29, 0.717) is 23.6 Å². The molecule has 0 unspecified atom stereocenters. The van der Waals surface area contributed by atoms with E-state index >= 15 is 0 Å². The summed E-state index contributed by atoms with van der Waals surface area (Å²) in [6.45, 7) is 11.0. The molecule has 186 valence electrons. The van der Waals surface area contributed by atoms with Gasteiger partial charge >= 0.3 is 6.09 Å². The van der Waals surface area contributed by atoms with E-state index in [1.165, 1.54) is 0 Å². The molecule has 9 nitrogen and oxygen atoms in total. The number of anilines is 2. The Kier molecular flexibility index (Phi) is 8.92. The number of aromatic nitrogens is 2. The number of phenolic OH excluding ortho intramolecular Hbond substituents is 1. The van der Waals surface area contributed by atoms with E-state index in [2.05, 4.69) is 25.3 Å². The average Bonchev–Trinajstić information content (AvgIpc) is 2.78. The molecule has 34 heavy (non-hydrogen) atoms. The lowest BCUT2D eigenvalue weighted by Gasteiger charge is -2.36. The van der Waals surface area contributed by atoms with E-state index in [-0.39, 0.29) is 11.8 Å². The van der Waals surface area contributed by atoms with Crippen molar-refractivity contribution in [3.05, 3.63) is 30.3 Å². The minimum atomic E-state index is -0.457. The highest BCUT2D eigenvalue weighted by Crippen LogP contribution is 2.31. The zero-order valence-corrected chi connectivity index (χ0v) is 20.6. The maximum atomic E-state index is 11.6. The van der Waals surface area contributed by atoms with Crippen molar-refractivity contribution in [3.63, 3.8) is 0 Å². The standard InChI is InChI=1S/C25H38N6O3/c1-25(2,3)34-24(33)27-12-8-4-5-9-13-30-14-16-31(17-15-30)21-18-20(28-29-23(21)26)19-10-6-7-11-22(19)32/h6-7,10-11,18,32H,4-5,8-9,12-17H2,1-3H3,(H2,26,29)(H,27,33). The number of nitrogens with two attached hydrogens (primary N) is 1. The van der Waals surface area contributed by atoms with Gasteiger partial charge in [0.1, 0.15) is 11.4 Å². The number of carbonyl (C=O) groups excluding carboxylic acids is 1. The maximum absolute atomic E-state index is 11.6. The first-order valence-corrected chi connectivity index (χ1v) is 12.1. The topological polar surface area (TPSA) is 117 Å². The van der Waals surface area contributed by atoms with Crippen LogP contribution in [-0.4, -0.2) is 71.2 Å². The van der Waals surface area contributed by atoms with Crippen LogP contribution in [0.1, 0.15) is 46.5 Å². The first kappa shape index (κ1) is 25.6. The second-order valence-corrected chi connectivity index (χ2v) is 9.69. The highest BCUT2D eigenvalue weighted by Gasteiger charge is 2.20. The number of nitrogens with zero attached hydrogens (tertiary/aromatic N) is 4. The van der Waals surface area contributed by atoms with Gasteiger partial charge in [0.2, 0.25) is 0 Å². The van der Waals surface area contributed by atoms with Gasteiger partial charge < -0.3 is 25.8 Å². The molecule has 9 heteroatoms. The molecule has 4 N–H and O–H groups in total. The highest BCUT2D eigenvalue weighted by atomic mass is 16.6. The Morgan fingerprint density at radius 3 is 2.50 bits per heavy atom. The van der Waals surface area contributed by atoms with Crippen LogP contribution >= 0.6 is 0 Å². The van der Waals surface area contributed by atoms with Crippen LogP contribution in [0, 0.1) is 0 Å². The first-order valence-electron chi connectivity index (χ1n) is 12.1. The highest BCUT2D eigenvalue weighted by molar-refractivity contribution is 5.74. The fourth-order valence-electron chi connectivity index (χ4n) is 4.00. The van der Waals surface area contributed by atoms with Crippen molar-refractivity contribution in [1.82, 2.24) is 20.4 Å². The predicted octanol–water partition coefficient (Wildman–Crippen LogP) is 3.64. The molecule has 0 atom stereocenters. The number of carbonyl (C=O) groups is 1. The predicted molar refractivity (Wildman–Crippen MR) is 135 cm³/mol. The molecule has 1 fully saturated rings. The molecule has 1 saturated heterocycles. The van der Waals surface area contributed by atoms with Crippen molar-refractivity contribution in [2.75, 3.05) is 49.9 Å². The molecule has 0 radical (unpaired) electrons. The van der Waals surface area contributed by atoms with Gasteiger partial charge in [-0.25, -0.2) is 4.79 Å². The molecule has 0 saturated carbocycles. The molecule has 0 aliphatic carbocycles. The van der Waals surface area contributed by atoms with Gasteiger partial charge in [-0.15, -0.1) is 10.2 Å². The van der Waals surface area contributed by atoms with E-state index < -0.39 is 5.60 Å². The lowest BCUT2D eigenvalue weighted by molar-refractivity contribution is 0.0527. The fourth-order valence-corrected chi connectivity index (χ4v) is 4.00. The first-order chi connectivity index (χ1) is 16.2. The minimum absolute atomic E-state index is 0.179. The number of rotatable bonds is 9. The van der Waals surface area contributed by atoms with Crippen LogP contribution in [0.4, 0.5) is 16.3 Å². The summed E-state index contributed by atoms with van der Waals surface area (Å²) in [5.74, 6) is 0.588. The Labute approximate surface area is 202 Å². The van der Waals surface area contributed by atoms with Gasteiger partial charge in [-0.3, -0.25) is 4.90 Å². The second kappa shape index (κ2) is 11.9. The van der Waals surface area contributed by atoms with Crippen molar-refractivity contribution in [2.45, 2.75) is 52.1 Å². The summed E-state index contributed by atoms with van der Waals surface area (Å²) in [4.78, 5) is 16.4. The number of hydrogen-bond donors (Lipinski definition) is 3. The van der Waals surface area contributed by atoms with Crippen LogP contribution in [-0.2, 0) is 4.74 Å². The minimum Gasteiger partial charge on any atom is -0.507 e. The van der Waals surface area contributed by atoms with Crippen LogP contribution in [0.25, 0.3) is 11.3 Å². The molecular formula is C25H38N6O3. The van der Waals surface area contributed by atoms with Crippen LogP contribution < -0.4 is 16.0 Å². The monoisotopic (exact) mass is 470 g/mol. The number of alkyl carbamates (subject to hydrolysis) is 1. The number of phenols is 1. The number of ether oxygens (including phenoxy) is 1. The third-order valence-corrected chi connectivity index (χ3v) is 5.76. The number of para-hydroxylation sites is 1. The van der Waals surface area contributed by atoms with Gasteiger partial charge in [0.25, 0.3) is 0 Å². The summed E-state index contributed by atoms with van der Waals surface area (Å²) < 4.78 is 5.24. The summed E-state index contributed by atoms with van der Waals surface area (Å²) in [6.07, 6.45) is 3.98. The van der Waals surface area contributed by atoms with Crippen LogP contribution in [0.2, 0.25) is 0 Å². The molecule has 1 aliphatic rings. The quantitative estimate of drug-likeness (QED) is 0.476. The molecule has 1 aromatic heterocycles. The third kappa shape index (κ3) is 7.76. The number of nitrogens with one attached hydrogen (secondary N) is 1. The summed E-state index contributed by atoms with van der Waals surface area (Å²) in [5, 5.41) is 21.3. The number of unbranched alkanes of at least 4 members (excludes halogenated alkanes) is 3. The fraction of sp³-hybridized carbons (Fsp3) is 0.560. The average molecular weight is 471 g/mol. The smallest absolute Gasteiger partial charge is 0.407 e. The number of amides is 1. The Hall–Kier alpha value is -3.07. The zero-order valence-electron chi connectivity index (χ0n) is 20.6. The largest absolute Gasteiger partial charge is 0.507 e. The molecule has 3 rings (SSSR count). The molecular weight excluding hydrogens is 432 g/mol. The zero-order chi connectivity index (χ0) is 24.6. The van der Waals surface area contributed by atoms with E-state index in [9.17, 15) is 9.90 Å². The molecule has 2 heterocycles. The van der Waals surface area contributed by atoms with Gasteiger partial charge in [0.15, 0.2) is 5.82 Å². The number of hydrogen-bond acceptors (Lipinski definition) is 8. The Bertz CT molecular complexity index is 938. The SMILES string of the molecule is CC(C)(C)OC(=O)NCCCCCCN1CCN(c2cc(-c3ccccc3O)nnc2N)CC1.